The van der Waals surface area contributed by atoms with E-state index in [1.54, 1.807) is 32.7 Å². The van der Waals surface area contributed by atoms with Gasteiger partial charge in [0, 0.05) is 41.3 Å². The van der Waals surface area contributed by atoms with Crippen molar-refractivity contribution in [3.63, 3.8) is 0 Å². The molecule has 42 heavy (non-hydrogen) atoms. The summed E-state index contributed by atoms with van der Waals surface area (Å²) in [7, 11) is 3.23. The summed E-state index contributed by atoms with van der Waals surface area (Å²) in [6.45, 7) is 4.32. The minimum absolute atomic E-state index is 0.0719. The molecule has 2 aromatic heterocycles. The third-order valence-electron chi connectivity index (χ3n) is 7.86. The van der Waals surface area contributed by atoms with Crippen molar-refractivity contribution in [3.05, 3.63) is 69.5 Å². The molecule has 0 aliphatic carbocycles. The lowest BCUT2D eigenvalue weighted by Gasteiger charge is -2.40. The number of morpholine rings is 1. The topological polar surface area (TPSA) is 102 Å². The van der Waals surface area contributed by atoms with Gasteiger partial charge in [0.05, 0.1) is 45.8 Å². The number of nitrogens with zero attached hydrogens (tertiary/aromatic N) is 4. The summed E-state index contributed by atoms with van der Waals surface area (Å²) < 4.78 is 22.9. The third kappa shape index (κ3) is 5.42. The highest BCUT2D eigenvalue weighted by Gasteiger charge is 2.36. The Bertz CT molecular complexity index is 1630. The van der Waals surface area contributed by atoms with Crippen molar-refractivity contribution in [2.75, 3.05) is 50.7 Å². The summed E-state index contributed by atoms with van der Waals surface area (Å²) in [5.74, 6) is 1.34. The number of halogens is 2. The van der Waals surface area contributed by atoms with Gasteiger partial charge in [0.2, 0.25) is 0 Å². The van der Waals surface area contributed by atoms with Crippen molar-refractivity contribution in [1.82, 2.24) is 14.9 Å². The lowest BCUT2D eigenvalue weighted by Crippen LogP contribution is -2.53. The molecule has 0 radical (unpaired) electrons. The van der Waals surface area contributed by atoms with E-state index in [2.05, 4.69) is 20.2 Å². The minimum atomic E-state index is -0.646. The number of methoxy groups -OCH3 is 2. The zero-order chi connectivity index (χ0) is 29.4. The number of anilines is 2. The van der Waals surface area contributed by atoms with E-state index in [-0.39, 0.29) is 11.9 Å². The third-order valence-corrected chi connectivity index (χ3v) is 8.39. The molecule has 1 amide bonds. The average molecular weight is 613 g/mol. The van der Waals surface area contributed by atoms with E-state index in [1.165, 1.54) is 0 Å². The van der Waals surface area contributed by atoms with E-state index in [9.17, 15) is 4.79 Å². The van der Waals surface area contributed by atoms with Gasteiger partial charge < -0.3 is 33.7 Å². The summed E-state index contributed by atoms with van der Waals surface area (Å²) in [5, 5.41) is 4.41. The van der Waals surface area contributed by atoms with Crippen molar-refractivity contribution >= 4 is 51.9 Å². The second-order valence-electron chi connectivity index (χ2n) is 10.3. The van der Waals surface area contributed by atoms with Crippen molar-refractivity contribution in [2.45, 2.75) is 32.0 Å². The fourth-order valence-corrected chi connectivity index (χ4v) is 6.41. The maximum Gasteiger partial charge on any atom is 0.296 e. The van der Waals surface area contributed by atoms with E-state index in [4.69, 9.17) is 41.8 Å². The van der Waals surface area contributed by atoms with Gasteiger partial charge in [-0.2, -0.15) is 4.98 Å². The molecular weight excluding hydrogens is 581 g/mol. The van der Waals surface area contributed by atoms with E-state index in [0.717, 1.165) is 22.4 Å². The maximum atomic E-state index is 13.7. The Hall–Kier alpha value is -3.73. The molecule has 0 unspecified atom stereocenters. The fourth-order valence-electron chi connectivity index (χ4n) is 5.72. The molecule has 6 rings (SSSR count). The normalized spacial score (nSPS) is 18.6. The molecule has 1 saturated heterocycles. The van der Waals surface area contributed by atoms with Gasteiger partial charge in [-0.3, -0.25) is 9.78 Å². The second-order valence-corrected chi connectivity index (χ2v) is 11.1. The molecule has 12 heteroatoms. The number of nitrogens with one attached hydrogen (secondary N) is 1. The number of aromatic nitrogens is 2. The Morgan fingerprint density at radius 1 is 1.14 bits per heavy atom. The summed E-state index contributed by atoms with van der Waals surface area (Å²) in [4.78, 5) is 26.6. The van der Waals surface area contributed by atoms with Crippen LogP contribution in [0, 0.1) is 0 Å². The van der Waals surface area contributed by atoms with Gasteiger partial charge in [-0.15, -0.1) is 0 Å². The molecule has 1 fully saturated rings. The molecule has 0 spiro atoms. The summed E-state index contributed by atoms with van der Waals surface area (Å²) in [6, 6.07) is 9.45. The Balaban J connectivity index is 1.18. The van der Waals surface area contributed by atoms with Crippen LogP contribution in [-0.2, 0) is 22.5 Å². The number of carbonyl (C=O) groups is 1. The fraction of sp³-hybridized carbons (Fsp3) is 0.367. The Kier molecular flexibility index (Phi) is 8.02. The van der Waals surface area contributed by atoms with Crippen LogP contribution in [0.2, 0.25) is 10.0 Å². The highest BCUT2D eigenvalue weighted by Crippen LogP contribution is 2.38. The van der Waals surface area contributed by atoms with Crippen LogP contribution < -0.4 is 19.7 Å². The predicted molar refractivity (Wildman–Crippen MR) is 161 cm³/mol. The molecule has 220 valence electrons. The zero-order valence-corrected chi connectivity index (χ0v) is 25.0. The molecule has 2 aromatic carbocycles. The first kappa shape index (κ1) is 28.4. The van der Waals surface area contributed by atoms with Crippen LogP contribution in [0.5, 0.6) is 11.5 Å². The van der Waals surface area contributed by atoms with Crippen molar-refractivity contribution < 1.29 is 23.4 Å². The molecule has 4 aromatic rings. The number of fused-ring (bicyclic) bond motifs is 2. The van der Waals surface area contributed by atoms with Gasteiger partial charge in [0.1, 0.15) is 22.7 Å². The largest absolute Gasteiger partial charge is 0.497 e. The molecule has 1 N–H and O–H groups in total. The highest BCUT2D eigenvalue weighted by atomic mass is 35.5. The van der Waals surface area contributed by atoms with Gasteiger partial charge in [-0.25, -0.2) is 0 Å². The van der Waals surface area contributed by atoms with E-state index < -0.39 is 6.10 Å². The molecule has 4 heterocycles. The number of hydrogen-bond acceptors (Lipinski definition) is 9. The lowest BCUT2D eigenvalue weighted by atomic mass is 9.93. The van der Waals surface area contributed by atoms with Gasteiger partial charge in [0.15, 0.2) is 11.7 Å². The second kappa shape index (κ2) is 11.9. The zero-order valence-electron chi connectivity index (χ0n) is 23.5. The minimum Gasteiger partial charge on any atom is -0.497 e. The lowest BCUT2D eigenvalue weighted by molar-refractivity contribution is -0.147. The number of rotatable bonds is 7. The predicted octanol–water partition coefficient (Wildman–Crippen LogP) is 5.51. The standard InChI is InChI=1S/C30H31Cl2N5O5/c1-17-27-18(10-20(31)11-22(27)32)6-7-37(17)29(38)26-16-36(8-9-41-26)24-15-33-14-23-28(24)42-30(35-23)34-13-19-4-5-21(39-2)12-25(19)40-3/h4-5,10-12,14-15,17,26H,6-9,13,16H2,1-3H3,(H,34,35)/t17-,26+/m0/s1. The molecule has 0 saturated carbocycles. The number of oxazole rings is 1. The Morgan fingerprint density at radius 3 is 2.81 bits per heavy atom. The SMILES string of the molecule is COc1ccc(CNc2nc3cncc(N4CCO[C@@H](C(=O)N5CCc6cc(Cl)cc(Cl)c6[C@@H]5C)C4)c3o2)c(OC)c1. The van der Waals surface area contributed by atoms with E-state index in [1.807, 2.05) is 36.1 Å². The number of hydrogen-bond donors (Lipinski definition) is 1. The number of benzene rings is 2. The van der Waals surface area contributed by atoms with Gasteiger partial charge in [-0.1, -0.05) is 23.2 Å². The van der Waals surface area contributed by atoms with Gasteiger partial charge in [-0.05, 0) is 48.7 Å². The van der Waals surface area contributed by atoms with Crippen LogP contribution in [0.4, 0.5) is 11.7 Å². The van der Waals surface area contributed by atoms with E-state index >= 15 is 0 Å². The molecule has 2 atom stereocenters. The maximum absolute atomic E-state index is 13.7. The van der Waals surface area contributed by atoms with Crippen LogP contribution in [0.1, 0.15) is 29.7 Å². The Morgan fingerprint density at radius 2 is 2.00 bits per heavy atom. The number of carbonyl (C=O) groups excluding carboxylic acids is 1. The van der Waals surface area contributed by atoms with Crippen LogP contribution in [0.3, 0.4) is 0 Å². The molecule has 2 aliphatic heterocycles. The first-order chi connectivity index (χ1) is 20.4. The van der Waals surface area contributed by atoms with Gasteiger partial charge >= 0.3 is 0 Å². The van der Waals surface area contributed by atoms with Crippen molar-refractivity contribution in [2.24, 2.45) is 0 Å². The highest BCUT2D eigenvalue weighted by molar-refractivity contribution is 6.35. The first-order valence-electron chi connectivity index (χ1n) is 13.7. The van der Waals surface area contributed by atoms with Crippen LogP contribution in [0.15, 0.2) is 47.1 Å². The Labute approximate surface area is 253 Å². The van der Waals surface area contributed by atoms with Crippen molar-refractivity contribution in [3.8, 4) is 11.5 Å². The van der Waals surface area contributed by atoms with Crippen LogP contribution in [-0.4, -0.2) is 67.3 Å². The van der Waals surface area contributed by atoms with Crippen LogP contribution >= 0.6 is 23.2 Å². The summed E-state index contributed by atoms with van der Waals surface area (Å²) in [6.07, 6.45) is 3.43. The monoisotopic (exact) mass is 611 g/mol. The first-order valence-corrected chi connectivity index (χ1v) is 14.5. The molecule has 0 bridgehead atoms. The smallest absolute Gasteiger partial charge is 0.296 e. The average Bonchev–Trinajstić information content (AvgIpc) is 3.43. The molecule has 2 aliphatic rings. The van der Waals surface area contributed by atoms with Gasteiger partial charge in [0.25, 0.3) is 11.9 Å². The number of pyridine rings is 1. The van der Waals surface area contributed by atoms with Crippen molar-refractivity contribution in [1.29, 1.82) is 0 Å². The van der Waals surface area contributed by atoms with E-state index in [0.29, 0.717) is 77.9 Å². The quantitative estimate of drug-likeness (QED) is 0.290. The number of amides is 1. The van der Waals surface area contributed by atoms with Crippen LogP contribution in [0.25, 0.3) is 11.1 Å². The number of ether oxygens (including phenoxy) is 3. The molecule has 10 nitrogen and oxygen atoms in total. The summed E-state index contributed by atoms with van der Waals surface area (Å²) >= 11 is 12.8. The molecular formula is C30H31Cl2N5O5. The summed E-state index contributed by atoms with van der Waals surface area (Å²) in [5.41, 5.74) is 4.90.